The van der Waals surface area contributed by atoms with E-state index in [9.17, 15) is 19.5 Å². The van der Waals surface area contributed by atoms with E-state index in [1.807, 2.05) is 39.8 Å². The number of rotatable bonds is 16. The molecule has 55 heavy (non-hydrogen) atoms. The van der Waals surface area contributed by atoms with Gasteiger partial charge in [-0.05, 0) is 76.8 Å². The first kappa shape index (κ1) is 36.8. The number of amides is 3. The number of benzene rings is 1. The van der Waals surface area contributed by atoms with Crippen LogP contribution >= 0.6 is 0 Å². The van der Waals surface area contributed by atoms with Crippen molar-refractivity contribution in [3.05, 3.63) is 82.7 Å². The van der Waals surface area contributed by atoms with Gasteiger partial charge in [-0.15, -0.1) is 0 Å². The number of carbonyl (C=O) groups excluding carboxylic acids is 3. The molecular weight excluding hydrogens is 706 g/mol. The van der Waals surface area contributed by atoms with Crippen LogP contribution in [0.4, 0.5) is 11.9 Å². The van der Waals surface area contributed by atoms with E-state index in [4.69, 9.17) is 21.2 Å². The van der Waals surface area contributed by atoms with E-state index in [-0.39, 0.29) is 30.3 Å². The third-order valence-electron chi connectivity index (χ3n) is 9.33. The molecule has 1 unspecified atom stereocenters. The van der Waals surface area contributed by atoms with Gasteiger partial charge >= 0.3 is 0 Å². The summed E-state index contributed by atoms with van der Waals surface area (Å²) in [5.74, 6) is -0.333. The van der Waals surface area contributed by atoms with Gasteiger partial charge in [-0.2, -0.15) is 10.2 Å². The molecule has 0 saturated heterocycles. The third kappa shape index (κ3) is 7.61. The average molecular weight is 750 g/mol. The topological polar surface area (TPSA) is 241 Å². The summed E-state index contributed by atoms with van der Waals surface area (Å²) in [5.41, 5.74) is 15.9. The van der Waals surface area contributed by atoms with E-state index in [1.165, 1.54) is 12.3 Å². The van der Waals surface area contributed by atoms with E-state index in [0.29, 0.717) is 76.5 Å². The van der Waals surface area contributed by atoms with Crippen LogP contribution in [0, 0.1) is 19.8 Å². The Labute approximate surface area is 315 Å². The van der Waals surface area contributed by atoms with E-state index < -0.39 is 23.9 Å². The Bertz CT molecular complexity index is 2470. The van der Waals surface area contributed by atoms with Gasteiger partial charge in [0.1, 0.15) is 22.7 Å². The van der Waals surface area contributed by atoms with Crippen LogP contribution in [0.15, 0.2) is 48.7 Å². The average Bonchev–Trinajstić information content (AvgIpc) is 3.44. The minimum absolute atomic E-state index is 0.0531. The molecule has 0 radical (unpaired) electrons. The molecule has 1 aliphatic rings. The Morgan fingerprint density at radius 2 is 1.60 bits per heavy atom. The Morgan fingerprint density at radius 3 is 2.29 bits per heavy atom. The van der Waals surface area contributed by atoms with Crippen LogP contribution in [-0.2, 0) is 26.2 Å². The second kappa shape index (κ2) is 15.1. The van der Waals surface area contributed by atoms with Crippen molar-refractivity contribution in [2.75, 3.05) is 17.2 Å². The Hall–Kier alpha value is -6.56. The number of allylic oxidation sites excluding steroid dienone is 2. The number of imidazole rings is 2. The largest absolute Gasteiger partial charge is 0.491 e. The van der Waals surface area contributed by atoms with Gasteiger partial charge in [0.05, 0.1) is 46.4 Å². The highest BCUT2D eigenvalue weighted by Gasteiger charge is 2.25. The van der Waals surface area contributed by atoms with Crippen LogP contribution in [0.2, 0.25) is 0 Å². The molecule has 18 heteroatoms. The maximum atomic E-state index is 13.6. The van der Waals surface area contributed by atoms with E-state index >= 15 is 0 Å². The summed E-state index contributed by atoms with van der Waals surface area (Å²) < 4.78 is 13.2. The minimum Gasteiger partial charge on any atom is -0.491 e. The molecule has 3 amide bonds. The standard InChI is InChI=1S/C37H43N13O5/c1-5-49-27(13-20(3)45-49)34(53)43-36-41-24-17-26(33(39)52)40-18-29(24)47(36)11-7-8-12-48-31-25(15-23(32(38)51)16-30(31)55-19-22-9-10-22)42-37(48)44-35(54)28-14-21(4)46-50(28)6-2/h7-8,13-18,22,34,53H,5-6,9-12,19H2,1-4H3,(H2,38,51)(H2,39,52)(H,41,43)(H,42,44,54)/b8-7+. The number of nitrogens with zero attached hydrogens (tertiary/aromatic N) is 9. The van der Waals surface area contributed by atoms with Crippen LogP contribution in [0.1, 0.15) is 81.3 Å². The summed E-state index contributed by atoms with van der Waals surface area (Å²) in [6.45, 7) is 9.49. The molecule has 1 atom stereocenters. The number of aromatic nitrogens is 9. The Balaban J connectivity index is 1.24. The van der Waals surface area contributed by atoms with Crippen molar-refractivity contribution >= 4 is 51.7 Å². The fourth-order valence-corrected chi connectivity index (χ4v) is 6.43. The number of pyridine rings is 1. The van der Waals surface area contributed by atoms with Crippen molar-refractivity contribution in [1.82, 2.24) is 43.6 Å². The highest BCUT2D eigenvalue weighted by atomic mass is 16.5. The number of ether oxygens (including phenoxy) is 1. The third-order valence-corrected chi connectivity index (χ3v) is 9.33. The molecule has 6 aromatic rings. The van der Waals surface area contributed by atoms with Gasteiger partial charge < -0.3 is 35.8 Å². The van der Waals surface area contributed by atoms with Crippen molar-refractivity contribution in [2.24, 2.45) is 17.4 Å². The molecule has 7 rings (SSSR count). The van der Waals surface area contributed by atoms with Crippen LogP contribution in [0.25, 0.3) is 22.1 Å². The Morgan fingerprint density at radius 1 is 0.909 bits per heavy atom. The second-order valence-corrected chi connectivity index (χ2v) is 13.5. The molecule has 1 fully saturated rings. The highest BCUT2D eigenvalue weighted by molar-refractivity contribution is 6.04. The summed E-state index contributed by atoms with van der Waals surface area (Å²) in [5, 5.41) is 26.1. The van der Waals surface area contributed by atoms with Gasteiger partial charge in [0.15, 0.2) is 6.23 Å². The summed E-state index contributed by atoms with van der Waals surface area (Å²) in [6, 6.07) is 8.18. The van der Waals surface area contributed by atoms with Crippen molar-refractivity contribution in [3.8, 4) is 5.75 Å². The first-order valence-corrected chi connectivity index (χ1v) is 18.1. The lowest BCUT2D eigenvalue weighted by atomic mass is 10.1. The molecule has 1 saturated carbocycles. The monoisotopic (exact) mass is 749 g/mol. The summed E-state index contributed by atoms with van der Waals surface area (Å²) in [4.78, 5) is 51.5. The number of aliphatic hydroxyl groups excluding tert-OH is 1. The SMILES string of the molecule is CCn1nc(C)cc1C(=O)Nc1nc2cc(C(N)=O)cc(OCC3CC3)c2n1C/C=C/Cn1c(NC(O)c2cc(C)nn2CC)nc2cc(C(N)=O)ncc21. The first-order chi connectivity index (χ1) is 26.4. The van der Waals surface area contributed by atoms with Gasteiger partial charge in [0.25, 0.3) is 11.8 Å². The van der Waals surface area contributed by atoms with Gasteiger partial charge in [-0.1, -0.05) is 12.2 Å². The fourth-order valence-electron chi connectivity index (χ4n) is 6.43. The molecule has 0 bridgehead atoms. The molecule has 7 N–H and O–H groups in total. The molecule has 5 heterocycles. The van der Waals surface area contributed by atoms with Crippen LogP contribution in [0.5, 0.6) is 5.75 Å². The van der Waals surface area contributed by atoms with E-state index in [0.717, 1.165) is 18.5 Å². The van der Waals surface area contributed by atoms with Gasteiger partial charge in [-0.25, -0.2) is 15.0 Å². The van der Waals surface area contributed by atoms with Crippen molar-refractivity contribution in [3.63, 3.8) is 0 Å². The van der Waals surface area contributed by atoms with Crippen molar-refractivity contribution in [2.45, 2.75) is 72.9 Å². The Kier molecular flexibility index (Phi) is 10.1. The molecule has 1 aromatic carbocycles. The molecule has 0 spiro atoms. The number of hydrogen-bond donors (Lipinski definition) is 5. The van der Waals surface area contributed by atoms with Gasteiger partial charge in [-0.3, -0.25) is 29.1 Å². The molecule has 5 aromatic heterocycles. The van der Waals surface area contributed by atoms with Crippen LogP contribution < -0.4 is 26.8 Å². The zero-order chi connectivity index (χ0) is 39.0. The number of nitrogens with two attached hydrogens (primary N) is 2. The normalized spacial score (nSPS) is 13.5. The van der Waals surface area contributed by atoms with Crippen molar-refractivity contribution < 1.29 is 24.2 Å². The van der Waals surface area contributed by atoms with Gasteiger partial charge in [0, 0.05) is 31.7 Å². The van der Waals surface area contributed by atoms with E-state index in [2.05, 4.69) is 30.8 Å². The predicted octanol–water partition coefficient (Wildman–Crippen LogP) is 3.43. The number of carbonyl (C=O) groups is 3. The fraction of sp³-hybridized carbons (Fsp3) is 0.351. The first-order valence-electron chi connectivity index (χ1n) is 18.1. The van der Waals surface area contributed by atoms with E-state index in [1.54, 1.807) is 42.8 Å². The maximum absolute atomic E-state index is 13.6. The van der Waals surface area contributed by atoms with Crippen molar-refractivity contribution in [1.29, 1.82) is 0 Å². The number of hydrogen-bond acceptors (Lipinski definition) is 11. The van der Waals surface area contributed by atoms with Crippen LogP contribution in [-0.4, -0.2) is 73.1 Å². The van der Waals surface area contributed by atoms with Gasteiger partial charge in [0.2, 0.25) is 17.8 Å². The highest BCUT2D eigenvalue weighted by Crippen LogP contribution is 2.35. The molecule has 286 valence electrons. The predicted molar refractivity (Wildman–Crippen MR) is 203 cm³/mol. The summed E-state index contributed by atoms with van der Waals surface area (Å²) >= 11 is 0. The second-order valence-electron chi connectivity index (χ2n) is 13.5. The van der Waals surface area contributed by atoms with Crippen LogP contribution in [0.3, 0.4) is 0 Å². The zero-order valence-electron chi connectivity index (χ0n) is 31.0. The number of aliphatic hydroxyl groups is 1. The quantitative estimate of drug-likeness (QED) is 0.0709. The lowest BCUT2D eigenvalue weighted by Gasteiger charge is -2.16. The smallest absolute Gasteiger partial charge is 0.276 e. The zero-order valence-corrected chi connectivity index (χ0v) is 31.0. The lowest BCUT2D eigenvalue weighted by Crippen LogP contribution is -2.20. The number of anilines is 2. The number of primary amides is 2. The molecular formula is C37H43N13O5. The number of fused-ring (bicyclic) bond motifs is 2. The number of nitrogens with one attached hydrogen (secondary N) is 2. The number of aryl methyl sites for hydroxylation is 4. The molecule has 0 aliphatic heterocycles. The summed E-state index contributed by atoms with van der Waals surface area (Å²) in [6.07, 6.45) is 6.25. The minimum atomic E-state index is -1.15. The lowest BCUT2D eigenvalue weighted by molar-refractivity contribution is 0.0989. The summed E-state index contributed by atoms with van der Waals surface area (Å²) in [7, 11) is 0. The molecule has 1 aliphatic carbocycles. The maximum Gasteiger partial charge on any atom is 0.276 e. The molecule has 18 nitrogen and oxygen atoms in total.